The van der Waals surface area contributed by atoms with Crippen LogP contribution in [0.3, 0.4) is 0 Å². The summed E-state index contributed by atoms with van der Waals surface area (Å²) in [5.41, 5.74) is 0.777. The molecule has 1 amide bonds. The van der Waals surface area contributed by atoms with Gasteiger partial charge in [-0.05, 0) is 49.4 Å². The van der Waals surface area contributed by atoms with Crippen molar-refractivity contribution in [2.45, 2.75) is 17.4 Å². The number of rotatable bonds is 6. The minimum absolute atomic E-state index is 0. The minimum Gasteiger partial charge on any atom is -0.495 e. The highest BCUT2D eigenvalue weighted by Crippen LogP contribution is 2.26. The van der Waals surface area contributed by atoms with E-state index in [0.29, 0.717) is 17.0 Å². The van der Waals surface area contributed by atoms with Gasteiger partial charge in [0, 0.05) is 18.2 Å². The molecule has 2 aromatic carbocycles. The van der Waals surface area contributed by atoms with Gasteiger partial charge in [0.1, 0.15) is 5.75 Å². The van der Waals surface area contributed by atoms with E-state index in [0.717, 1.165) is 19.5 Å². The lowest BCUT2D eigenvalue weighted by Gasteiger charge is -2.13. The van der Waals surface area contributed by atoms with Crippen LogP contribution in [0.1, 0.15) is 16.8 Å². The number of nitrogens with one attached hydrogen (secondary N) is 3. The molecular formula is C18H22ClN3O4S. The molecule has 146 valence electrons. The smallest absolute Gasteiger partial charge is 0.262 e. The van der Waals surface area contributed by atoms with Crippen molar-refractivity contribution in [3.8, 4) is 5.75 Å². The van der Waals surface area contributed by atoms with Crippen LogP contribution >= 0.6 is 12.4 Å². The average Bonchev–Trinajstić information content (AvgIpc) is 3.15. The monoisotopic (exact) mass is 411 g/mol. The molecule has 3 N–H and O–H groups in total. The summed E-state index contributed by atoms with van der Waals surface area (Å²) in [7, 11) is -2.31. The van der Waals surface area contributed by atoms with Gasteiger partial charge < -0.3 is 15.4 Å². The van der Waals surface area contributed by atoms with Gasteiger partial charge in [-0.25, -0.2) is 8.42 Å². The maximum Gasteiger partial charge on any atom is 0.262 e. The minimum atomic E-state index is -3.78. The van der Waals surface area contributed by atoms with Gasteiger partial charge in [-0.3, -0.25) is 9.52 Å². The summed E-state index contributed by atoms with van der Waals surface area (Å²) in [6.45, 7) is 1.64. The number of carbonyl (C=O) groups excluding carboxylic acids is 1. The highest BCUT2D eigenvalue weighted by molar-refractivity contribution is 7.92. The Balaban J connectivity index is 0.00000261. The number of carbonyl (C=O) groups is 1. The fraction of sp³-hybridized carbons (Fsp3) is 0.278. The maximum absolute atomic E-state index is 12.6. The van der Waals surface area contributed by atoms with E-state index in [-0.39, 0.29) is 29.3 Å². The molecule has 1 saturated heterocycles. The fourth-order valence-electron chi connectivity index (χ4n) is 2.76. The molecule has 1 heterocycles. The first-order valence-electron chi connectivity index (χ1n) is 8.27. The van der Waals surface area contributed by atoms with E-state index in [1.54, 1.807) is 24.3 Å². The van der Waals surface area contributed by atoms with Gasteiger partial charge in [-0.15, -0.1) is 12.4 Å². The summed E-state index contributed by atoms with van der Waals surface area (Å²) >= 11 is 0. The van der Waals surface area contributed by atoms with E-state index >= 15 is 0 Å². The van der Waals surface area contributed by atoms with Crippen LogP contribution in [0.2, 0.25) is 0 Å². The first-order chi connectivity index (χ1) is 12.5. The largest absolute Gasteiger partial charge is 0.495 e. The number of para-hydroxylation sites is 2. The molecule has 0 spiro atoms. The van der Waals surface area contributed by atoms with E-state index in [4.69, 9.17) is 4.74 Å². The van der Waals surface area contributed by atoms with Crippen LogP contribution in [0.5, 0.6) is 5.75 Å². The van der Waals surface area contributed by atoms with Crippen molar-refractivity contribution in [2.75, 3.05) is 24.9 Å². The second-order valence-corrected chi connectivity index (χ2v) is 7.68. The summed E-state index contributed by atoms with van der Waals surface area (Å²) < 4.78 is 32.8. The molecule has 3 rings (SSSR count). The zero-order valence-electron chi connectivity index (χ0n) is 14.8. The standard InChI is InChI=1S/C18H21N3O4S.ClH/c1-25-17-5-3-2-4-16(17)21-26(23,24)15-8-6-13(7-9-15)18(22)20-14-10-11-19-12-14;/h2-9,14,19,21H,10-12H2,1H3,(H,20,22);1H. The van der Waals surface area contributed by atoms with Crippen molar-refractivity contribution in [3.63, 3.8) is 0 Å². The van der Waals surface area contributed by atoms with Gasteiger partial charge in [0.2, 0.25) is 0 Å². The summed E-state index contributed by atoms with van der Waals surface area (Å²) in [5.74, 6) is 0.220. The molecule has 1 fully saturated rings. The third kappa shape index (κ3) is 5.12. The Morgan fingerprint density at radius 3 is 2.48 bits per heavy atom. The van der Waals surface area contributed by atoms with Crippen LogP contribution < -0.4 is 20.1 Å². The third-order valence-corrected chi connectivity index (χ3v) is 5.56. The summed E-state index contributed by atoms with van der Waals surface area (Å²) in [6, 6.07) is 12.7. The van der Waals surface area contributed by atoms with Gasteiger partial charge in [0.05, 0.1) is 17.7 Å². The predicted octanol–water partition coefficient (Wildman–Crippen LogP) is 2.01. The lowest BCUT2D eigenvalue weighted by atomic mass is 10.2. The van der Waals surface area contributed by atoms with Crippen LogP contribution in [0, 0.1) is 0 Å². The molecule has 7 nitrogen and oxygen atoms in total. The van der Waals surface area contributed by atoms with E-state index in [9.17, 15) is 13.2 Å². The van der Waals surface area contributed by atoms with Crippen molar-refractivity contribution >= 4 is 34.0 Å². The summed E-state index contributed by atoms with van der Waals surface area (Å²) in [4.78, 5) is 12.3. The number of hydrogen-bond donors (Lipinski definition) is 3. The molecule has 1 unspecified atom stereocenters. The Kier molecular flexibility index (Phi) is 7.06. The van der Waals surface area contributed by atoms with Crippen LogP contribution in [-0.2, 0) is 10.0 Å². The van der Waals surface area contributed by atoms with Gasteiger partial charge in [-0.1, -0.05) is 12.1 Å². The number of anilines is 1. The Bertz CT molecular complexity index is 882. The molecular weight excluding hydrogens is 390 g/mol. The van der Waals surface area contributed by atoms with Crippen LogP contribution in [-0.4, -0.2) is 40.6 Å². The molecule has 0 bridgehead atoms. The highest BCUT2D eigenvalue weighted by atomic mass is 35.5. The number of halogens is 1. The van der Waals surface area contributed by atoms with E-state index < -0.39 is 10.0 Å². The van der Waals surface area contributed by atoms with Gasteiger partial charge in [0.25, 0.3) is 15.9 Å². The van der Waals surface area contributed by atoms with Gasteiger partial charge in [0.15, 0.2) is 0 Å². The van der Waals surface area contributed by atoms with Gasteiger partial charge in [-0.2, -0.15) is 0 Å². The summed E-state index contributed by atoms with van der Waals surface area (Å²) in [6.07, 6.45) is 0.890. The number of ether oxygens (including phenoxy) is 1. The Morgan fingerprint density at radius 1 is 1.15 bits per heavy atom. The first kappa shape index (κ1) is 21.0. The molecule has 0 radical (unpaired) electrons. The lowest BCUT2D eigenvalue weighted by Crippen LogP contribution is -2.36. The molecule has 2 aromatic rings. The molecule has 1 aliphatic heterocycles. The second-order valence-electron chi connectivity index (χ2n) is 5.99. The second kappa shape index (κ2) is 9.07. The normalized spacial score (nSPS) is 16.3. The zero-order valence-corrected chi connectivity index (χ0v) is 16.4. The first-order valence-corrected chi connectivity index (χ1v) is 9.75. The Labute approximate surface area is 165 Å². The van der Waals surface area contributed by atoms with Crippen molar-refractivity contribution in [1.29, 1.82) is 0 Å². The van der Waals surface area contributed by atoms with Crippen molar-refractivity contribution in [3.05, 3.63) is 54.1 Å². The number of benzene rings is 2. The summed E-state index contributed by atoms with van der Waals surface area (Å²) in [5, 5.41) is 6.10. The van der Waals surface area contributed by atoms with Crippen LogP contribution in [0.15, 0.2) is 53.4 Å². The van der Waals surface area contributed by atoms with Crippen molar-refractivity contribution in [2.24, 2.45) is 0 Å². The maximum atomic E-state index is 12.6. The predicted molar refractivity (Wildman–Crippen MR) is 106 cm³/mol. The number of methoxy groups -OCH3 is 1. The molecule has 0 saturated carbocycles. The Hall–Kier alpha value is -2.29. The van der Waals surface area contributed by atoms with Crippen LogP contribution in [0.4, 0.5) is 5.69 Å². The molecule has 0 aromatic heterocycles. The number of sulfonamides is 1. The number of amides is 1. The average molecular weight is 412 g/mol. The van der Waals surface area contributed by atoms with E-state index in [1.165, 1.54) is 31.4 Å². The molecule has 9 heteroatoms. The topological polar surface area (TPSA) is 96.5 Å². The van der Waals surface area contributed by atoms with E-state index in [2.05, 4.69) is 15.4 Å². The quantitative estimate of drug-likeness (QED) is 0.675. The van der Waals surface area contributed by atoms with Crippen molar-refractivity contribution < 1.29 is 17.9 Å². The molecule has 1 aliphatic rings. The number of hydrogen-bond acceptors (Lipinski definition) is 5. The van der Waals surface area contributed by atoms with Gasteiger partial charge >= 0.3 is 0 Å². The fourth-order valence-corrected chi connectivity index (χ4v) is 3.84. The van der Waals surface area contributed by atoms with Crippen LogP contribution in [0.25, 0.3) is 0 Å². The molecule has 27 heavy (non-hydrogen) atoms. The molecule has 0 aliphatic carbocycles. The lowest BCUT2D eigenvalue weighted by molar-refractivity contribution is 0.0940. The van der Waals surface area contributed by atoms with E-state index in [1.807, 2.05) is 0 Å². The SMILES string of the molecule is COc1ccccc1NS(=O)(=O)c1ccc(C(=O)NC2CCNC2)cc1.Cl. The third-order valence-electron chi connectivity index (χ3n) is 4.17. The zero-order chi connectivity index (χ0) is 18.6. The van der Waals surface area contributed by atoms with Crippen molar-refractivity contribution in [1.82, 2.24) is 10.6 Å². The molecule has 1 atom stereocenters. The Morgan fingerprint density at radius 2 is 1.85 bits per heavy atom. The highest BCUT2D eigenvalue weighted by Gasteiger charge is 2.19.